The number of fused-ring (bicyclic) bond motifs is 1. The number of halogens is 1. The van der Waals surface area contributed by atoms with Crippen LogP contribution in [0.15, 0.2) is 42.5 Å². The van der Waals surface area contributed by atoms with Crippen LogP contribution in [-0.2, 0) is 19.6 Å². The lowest BCUT2D eigenvalue weighted by Crippen LogP contribution is -2.32. The molecule has 1 heterocycles. The fraction of sp³-hybridized carbons (Fsp3) is 0.462. The first kappa shape index (κ1) is 23.9. The molecule has 0 saturated carbocycles. The number of imidazole rings is 1. The fourth-order valence-corrected chi connectivity index (χ4v) is 3.93. The Morgan fingerprint density at radius 2 is 1.97 bits per heavy atom. The lowest BCUT2D eigenvalue weighted by molar-refractivity contribution is 0.0736. The topological polar surface area (TPSA) is 50.2 Å². The Kier molecular flexibility index (Phi) is 8.39. The van der Waals surface area contributed by atoms with E-state index in [0.717, 1.165) is 49.3 Å². The van der Waals surface area contributed by atoms with E-state index in [1.54, 1.807) is 17.0 Å². The molecule has 172 valence electrons. The van der Waals surface area contributed by atoms with Crippen LogP contribution in [-0.4, -0.2) is 33.4 Å². The lowest BCUT2D eigenvalue weighted by Gasteiger charge is -2.22. The van der Waals surface area contributed by atoms with Gasteiger partial charge in [-0.2, -0.15) is 0 Å². The molecule has 1 aromatic heterocycles. The Morgan fingerprint density at radius 1 is 1.16 bits per heavy atom. The Morgan fingerprint density at radius 3 is 2.66 bits per heavy atom. The van der Waals surface area contributed by atoms with Crippen molar-refractivity contribution in [1.29, 1.82) is 0 Å². The maximum atomic E-state index is 13.7. The van der Waals surface area contributed by atoms with Crippen molar-refractivity contribution in [2.45, 2.75) is 60.2 Å². The second-order valence-electron chi connectivity index (χ2n) is 8.76. The molecular formula is C26H35FN4O. The van der Waals surface area contributed by atoms with E-state index in [-0.39, 0.29) is 5.91 Å². The van der Waals surface area contributed by atoms with Crippen LogP contribution in [0.1, 0.15) is 62.3 Å². The summed E-state index contributed by atoms with van der Waals surface area (Å²) in [5.74, 6) is 0.908. The molecule has 0 unspecified atom stereocenters. The molecule has 32 heavy (non-hydrogen) atoms. The van der Waals surface area contributed by atoms with Gasteiger partial charge in [-0.25, -0.2) is 9.37 Å². The highest BCUT2D eigenvalue weighted by atomic mass is 19.1. The van der Waals surface area contributed by atoms with Crippen molar-refractivity contribution in [2.75, 3.05) is 13.1 Å². The highest BCUT2D eigenvalue weighted by Crippen LogP contribution is 2.21. The summed E-state index contributed by atoms with van der Waals surface area (Å²) in [5.41, 5.74) is 3.61. The number of hydrogen-bond donors (Lipinski definition) is 1. The molecule has 3 rings (SSSR count). The molecular weight excluding hydrogens is 403 g/mol. The standard InChI is InChI=1S/C26H35FN4O/c1-5-12-30(26(32)21-8-7-9-22(27)15-21)18-25-29-23-14-20(17-28-16-19(3)4)10-11-24(23)31(25)13-6-2/h7-11,14-15,19,28H,5-6,12-13,16-18H2,1-4H3. The Hall–Kier alpha value is -2.73. The van der Waals surface area contributed by atoms with Crippen LogP contribution in [0.25, 0.3) is 11.0 Å². The third kappa shape index (κ3) is 5.94. The Labute approximate surface area is 190 Å². The first-order valence-corrected chi connectivity index (χ1v) is 11.7. The Bertz CT molecular complexity index is 1040. The number of hydrogen-bond acceptors (Lipinski definition) is 3. The number of amides is 1. The quantitative estimate of drug-likeness (QED) is 0.437. The maximum Gasteiger partial charge on any atom is 0.254 e. The van der Waals surface area contributed by atoms with Gasteiger partial charge in [-0.1, -0.05) is 39.8 Å². The first-order valence-electron chi connectivity index (χ1n) is 11.7. The average Bonchev–Trinajstić information content (AvgIpc) is 3.09. The first-order chi connectivity index (χ1) is 15.4. The zero-order valence-corrected chi connectivity index (χ0v) is 19.7. The number of nitrogens with zero attached hydrogens (tertiary/aromatic N) is 3. The molecule has 5 nitrogen and oxygen atoms in total. The summed E-state index contributed by atoms with van der Waals surface area (Å²) in [7, 11) is 0. The minimum atomic E-state index is -0.399. The summed E-state index contributed by atoms with van der Waals surface area (Å²) >= 11 is 0. The van der Waals surface area contributed by atoms with Gasteiger partial charge in [-0.15, -0.1) is 0 Å². The molecule has 0 radical (unpaired) electrons. The van der Waals surface area contributed by atoms with Crippen LogP contribution >= 0.6 is 0 Å². The number of aryl methyl sites for hydroxylation is 1. The molecule has 0 spiro atoms. The minimum Gasteiger partial charge on any atom is -0.331 e. The van der Waals surface area contributed by atoms with Crippen molar-refractivity contribution in [3.05, 3.63) is 65.2 Å². The second-order valence-corrected chi connectivity index (χ2v) is 8.76. The summed E-state index contributed by atoms with van der Waals surface area (Å²) in [6.07, 6.45) is 1.79. The lowest BCUT2D eigenvalue weighted by atomic mass is 10.2. The van der Waals surface area contributed by atoms with Gasteiger partial charge in [-0.3, -0.25) is 4.79 Å². The number of aromatic nitrogens is 2. The van der Waals surface area contributed by atoms with Gasteiger partial charge in [0, 0.05) is 25.2 Å². The van der Waals surface area contributed by atoms with Gasteiger partial charge in [-0.05, 0) is 61.2 Å². The van der Waals surface area contributed by atoms with Crippen molar-refractivity contribution in [2.24, 2.45) is 5.92 Å². The molecule has 0 saturated heterocycles. The number of benzene rings is 2. The molecule has 1 N–H and O–H groups in total. The average molecular weight is 439 g/mol. The normalized spacial score (nSPS) is 11.4. The van der Waals surface area contributed by atoms with Crippen LogP contribution in [0, 0.1) is 11.7 Å². The predicted octanol–water partition coefficient (Wildman–Crippen LogP) is 5.38. The molecule has 1 amide bonds. The molecule has 0 bridgehead atoms. The van der Waals surface area contributed by atoms with E-state index < -0.39 is 5.82 Å². The minimum absolute atomic E-state index is 0.167. The molecule has 0 aliphatic carbocycles. The number of carbonyl (C=O) groups is 1. The second kappa shape index (κ2) is 11.2. The highest BCUT2D eigenvalue weighted by Gasteiger charge is 2.20. The van der Waals surface area contributed by atoms with Gasteiger partial charge < -0.3 is 14.8 Å². The van der Waals surface area contributed by atoms with E-state index in [1.165, 1.54) is 17.7 Å². The molecule has 2 aromatic carbocycles. The summed E-state index contributed by atoms with van der Waals surface area (Å²) in [6, 6.07) is 12.3. The van der Waals surface area contributed by atoms with Crippen molar-refractivity contribution in [3.8, 4) is 0 Å². The van der Waals surface area contributed by atoms with Crippen LogP contribution in [0.4, 0.5) is 4.39 Å². The zero-order chi connectivity index (χ0) is 23.1. The summed E-state index contributed by atoms with van der Waals surface area (Å²) < 4.78 is 15.9. The van der Waals surface area contributed by atoms with E-state index in [4.69, 9.17) is 4.98 Å². The molecule has 6 heteroatoms. The number of carbonyl (C=O) groups excluding carboxylic acids is 1. The van der Waals surface area contributed by atoms with Crippen LogP contribution in [0.2, 0.25) is 0 Å². The van der Waals surface area contributed by atoms with E-state index in [0.29, 0.717) is 24.6 Å². The zero-order valence-electron chi connectivity index (χ0n) is 19.7. The number of rotatable bonds is 11. The van der Waals surface area contributed by atoms with Crippen molar-refractivity contribution in [1.82, 2.24) is 19.8 Å². The summed E-state index contributed by atoms with van der Waals surface area (Å²) in [4.78, 5) is 19.8. The smallest absolute Gasteiger partial charge is 0.254 e. The van der Waals surface area contributed by atoms with Crippen LogP contribution < -0.4 is 5.32 Å². The van der Waals surface area contributed by atoms with Gasteiger partial charge in [0.1, 0.15) is 11.6 Å². The fourth-order valence-electron chi connectivity index (χ4n) is 3.93. The van der Waals surface area contributed by atoms with E-state index in [9.17, 15) is 9.18 Å². The predicted molar refractivity (Wildman–Crippen MR) is 128 cm³/mol. The van der Waals surface area contributed by atoms with Gasteiger partial charge >= 0.3 is 0 Å². The third-order valence-electron chi connectivity index (χ3n) is 5.41. The molecule has 0 aliphatic heterocycles. The van der Waals surface area contributed by atoms with E-state index >= 15 is 0 Å². The SMILES string of the molecule is CCCN(Cc1nc2cc(CNCC(C)C)ccc2n1CCC)C(=O)c1cccc(F)c1. The number of nitrogens with one attached hydrogen (secondary N) is 1. The molecule has 0 aliphatic rings. The molecule has 0 fully saturated rings. The summed E-state index contributed by atoms with van der Waals surface area (Å²) in [6.45, 7) is 12.2. The highest BCUT2D eigenvalue weighted by molar-refractivity contribution is 5.94. The van der Waals surface area contributed by atoms with Crippen molar-refractivity contribution < 1.29 is 9.18 Å². The maximum absolute atomic E-state index is 13.7. The van der Waals surface area contributed by atoms with Crippen molar-refractivity contribution >= 4 is 16.9 Å². The van der Waals surface area contributed by atoms with Gasteiger partial charge in [0.2, 0.25) is 0 Å². The van der Waals surface area contributed by atoms with Gasteiger partial charge in [0.15, 0.2) is 0 Å². The van der Waals surface area contributed by atoms with Crippen molar-refractivity contribution in [3.63, 3.8) is 0 Å². The van der Waals surface area contributed by atoms with Gasteiger partial charge in [0.05, 0.1) is 17.6 Å². The van der Waals surface area contributed by atoms with E-state index in [1.807, 2.05) is 6.92 Å². The van der Waals surface area contributed by atoms with Gasteiger partial charge in [0.25, 0.3) is 5.91 Å². The summed E-state index contributed by atoms with van der Waals surface area (Å²) in [5, 5.41) is 3.48. The third-order valence-corrected chi connectivity index (χ3v) is 5.41. The van der Waals surface area contributed by atoms with Crippen LogP contribution in [0.5, 0.6) is 0 Å². The molecule has 0 atom stereocenters. The molecule has 3 aromatic rings. The Balaban J connectivity index is 1.88. The van der Waals surface area contributed by atoms with E-state index in [2.05, 4.69) is 48.9 Å². The monoisotopic (exact) mass is 438 g/mol. The largest absolute Gasteiger partial charge is 0.331 e. The van der Waals surface area contributed by atoms with Crippen LogP contribution in [0.3, 0.4) is 0 Å².